The van der Waals surface area contributed by atoms with Gasteiger partial charge in [-0.1, -0.05) is 17.7 Å². The SMILES string of the molecule is N#Cc1cc(COc2c(N)cccc2Cl)ccn1. The molecule has 0 aliphatic rings. The van der Waals surface area contributed by atoms with Crippen LogP contribution in [0.1, 0.15) is 11.3 Å². The first kappa shape index (κ1) is 12.2. The topological polar surface area (TPSA) is 71.9 Å². The molecule has 0 aliphatic heterocycles. The highest BCUT2D eigenvalue weighted by molar-refractivity contribution is 6.32. The van der Waals surface area contributed by atoms with Gasteiger partial charge in [-0.25, -0.2) is 4.98 Å². The van der Waals surface area contributed by atoms with Crippen LogP contribution in [-0.2, 0) is 6.61 Å². The van der Waals surface area contributed by atoms with Gasteiger partial charge in [0, 0.05) is 6.20 Å². The molecule has 18 heavy (non-hydrogen) atoms. The zero-order valence-electron chi connectivity index (χ0n) is 9.43. The summed E-state index contributed by atoms with van der Waals surface area (Å²) >= 11 is 5.98. The van der Waals surface area contributed by atoms with Gasteiger partial charge in [-0.2, -0.15) is 5.26 Å². The maximum absolute atomic E-state index is 8.74. The first-order valence-electron chi connectivity index (χ1n) is 5.22. The molecule has 0 fully saturated rings. The van der Waals surface area contributed by atoms with Crippen molar-refractivity contribution in [2.24, 2.45) is 0 Å². The number of benzene rings is 1. The molecule has 2 aromatic rings. The minimum atomic E-state index is 0.283. The number of anilines is 1. The van der Waals surface area contributed by atoms with E-state index >= 15 is 0 Å². The van der Waals surface area contributed by atoms with Crippen LogP contribution in [0.4, 0.5) is 5.69 Å². The largest absolute Gasteiger partial charge is 0.485 e. The predicted octanol–water partition coefficient (Wildman–Crippen LogP) is 2.77. The third-order valence-corrected chi connectivity index (χ3v) is 2.62. The number of nitrogen functional groups attached to an aromatic ring is 1. The van der Waals surface area contributed by atoms with Crippen LogP contribution in [0, 0.1) is 11.3 Å². The summed E-state index contributed by atoms with van der Waals surface area (Å²) in [5.74, 6) is 0.453. The fourth-order valence-electron chi connectivity index (χ4n) is 1.46. The second kappa shape index (κ2) is 5.39. The molecule has 1 heterocycles. The summed E-state index contributed by atoms with van der Waals surface area (Å²) in [6, 6.07) is 10.6. The molecule has 0 saturated carbocycles. The first-order chi connectivity index (χ1) is 8.70. The number of pyridine rings is 1. The van der Waals surface area contributed by atoms with Crippen molar-refractivity contribution in [3.63, 3.8) is 0 Å². The molecular formula is C13H10ClN3O. The van der Waals surface area contributed by atoms with E-state index in [0.29, 0.717) is 22.2 Å². The average molecular weight is 260 g/mol. The predicted molar refractivity (Wildman–Crippen MR) is 69.1 cm³/mol. The van der Waals surface area contributed by atoms with Crippen LogP contribution in [0.5, 0.6) is 5.75 Å². The number of nitriles is 1. The Morgan fingerprint density at radius 1 is 1.39 bits per heavy atom. The second-order valence-corrected chi connectivity index (χ2v) is 4.02. The van der Waals surface area contributed by atoms with E-state index in [2.05, 4.69) is 4.98 Å². The third kappa shape index (κ3) is 2.70. The lowest BCUT2D eigenvalue weighted by Crippen LogP contribution is -2.00. The van der Waals surface area contributed by atoms with Crippen LogP contribution in [0.3, 0.4) is 0 Å². The number of nitrogens with zero attached hydrogens (tertiary/aromatic N) is 2. The lowest BCUT2D eigenvalue weighted by atomic mass is 10.2. The van der Waals surface area contributed by atoms with Crippen molar-refractivity contribution >= 4 is 17.3 Å². The first-order valence-corrected chi connectivity index (χ1v) is 5.60. The normalized spacial score (nSPS) is 9.78. The smallest absolute Gasteiger partial charge is 0.161 e. The number of hydrogen-bond donors (Lipinski definition) is 1. The molecule has 4 nitrogen and oxygen atoms in total. The van der Waals surface area contributed by atoms with Crippen LogP contribution in [0.25, 0.3) is 0 Å². The maximum atomic E-state index is 8.74. The van der Waals surface area contributed by atoms with E-state index in [1.165, 1.54) is 0 Å². The molecule has 2 N–H and O–H groups in total. The van der Waals surface area contributed by atoms with Crippen LogP contribution in [0.2, 0.25) is 5.02 Å². The number of para-hydroxylation sites is 1. The Morgan fingerprint density at radius 2 is 2.22 bits per heavy atom. The summed E-state index contributed by atoms with van der Waals surface area (Å²) in [7, 11) is 0. The Bertz CT molecular complexity index is 587. The van der Waals surface area contributed by atoms with Crippen molar-refractivity contribution in [3.05, 3.63) is 52.8 Å². The van der Waals surface area contributed by atoms with Gasteiger partial charge in [0.15, 0.2) is 5.75 Å². The van der Waals surface area contributed by atoms with Crippen molar-refractivity contribution < 1.29 is 4.74 Å². The van der Waals surface area contributed by atoms with Gasteiger partial charge < -0.3 is 10.5 Å². The monoisotopic (exact) mass is 259 g/mol. The van der Waals surface area contributed by atoms with Crippen LogP contribution in [0.15, 0.2) is 36.5 Å². The number of nitrogens with two attached hydrogens (primary N) is 1. The lowest BCUT2D eigenvalue weighted by molar-refractivity contribution is 0.308. The summed E-state index contributed by atoms with van der Waals surface area (Å²) in [5, 5.41) is 9.20. The lowest BCUT2D eigenvalue weighted by Gasteiger charge is -2.10. The molecule has 5 heteroatoms. The molecule has 0 aliphatic carbocycles. The number of aromatic nitrogens is 1. The summed E-state index contributed by atoms with van der Waals surface area (Å²) in [6.45, 7) is 0.283. The second-order valence-electron chi connectivity index (χ2n) is 3.61. The molecular weight excluding hydrogens is 250 g/mol. The van der Waals surface area contributed by atoms with Gasteiger partial charge in [0.1, 0.15) is 18.4 Å². The highest BCUT2D eigenvalue weighted by Gasteiger charge is 2.06. The molecule has 1 aromatic heterocycles. The molecule has 1 aromatic carbocycles. The quantitative estimate of drug-likeness (QED) is 0.861. The van der Waals surface area contributed by atoms with Crippen LogP contribution < -0.4 is 10.5 Å². The van der Waals surface area contributed by atoms with Gasteiger partial charge in [-0.3, -0.25) is 0 Å². The molecule has 90 valence electrons. The summed E-state index contributed by atoms with van der Waals surface area (Å²) in [6.07, 6.45) is 1.56. The summed E-state index contributed by atoms with van der Waals surface area (Å²) in [4.78, 5) is 3.88. The zero-order chi connectivity index (χ0) is 13.0. The average Bonchev–Trinajstić information content (AvgIpc) is 2.38. The van der Waals surface area contributed by atoms with Gasteiger partial charge in [0.2, 0.25) is 0 Å². The van der Waals surface area contributed by atoms with Gasteiger partial charge in [-0.15, -0.1) is 0 Å². The van der Waals surface area contributed by atoms with Crippen molar-refractivity contribution in [2.75, 3.05) is 5.73 Å². The maximum Gasteiger partial charge on any atom is 0.161 e. The van der Waals surface area contributed by atoms with Crippen molar-refractivity contribution in [1.29, 1.82) is 5.26 Å². The molecule has 0 amide bonds. The molecule has 0 atom stereocenters. The van der Waals surface area contributed by atoms with E-state index in [9.17, 15) is 0 Å². The Labute approximate surface area is 110 Å². The molecule has 2 rings (SSSR count). The van der Waals surface area contributed by atoms with Gasteiger partial charge in [0.25, 0.3) is 0 Å². The van der Waals surface area contributed by atoms with Crippen molar-refractivity contribution in [1.82, 2.24) is 4.98 Å². The van der Waals surface area contributed by atoms with Crippen molar-refractivity contribution in [2.45, 2.75) is 6.61 Å². The van der Waals surface area contributed by atoms with E-state index < -0.39 is 0 Å². The molecule has 0 radical (unpaired) electrons. The van der Waals surface area contributed by atoms with E-state index in [4.69, 9.17) is 27.3 Å². The summed E-state index contributed by atoms with van der Waals surface area (Å²) < 4.78 is 5.56. The summed E-state index contributed by atoms with van der Waals surface area (Å²) in [5.41, 5.74) is 7.44. The Morgan fingerprint density at radius 3 is 2.94 bits per heavy atom. The fraction of sp³-hybridized carbons (Fsp3) is 0.0769. The van der Waals surface area contributed by atoms with E-state index in [-0.39, 0.29) is 6.61 Å². The number of hydrogen-bond acceptors (Lipinski definition) is 4. The van der Waals surface area contributed by atoms with E-state index in [1.54, 1.807) is 36.5 Å². The molecule has 0 unspecified atom stereocenters. The van der Waals surface area contributed by atoms with Gasteiger partial charge in [0.05, 0.1) is 10.7 Å². The highest BCUT2D eigenvalue weighted by Crippen LogP contribution is 2.31. The fourth-order valence-corrected chi connectivity index (χ4v) is 1.69. The standard InChI is InChI=1S/C13H10ClN3O/c14-11-2-1-3-12(16)13(11)18-8-9-4-5-17-10(6-9)7-15/h1-6H,8,16H2. The molecule has 0 spiro atoms. The van der Waals surface area contributed by atoms with E-state index in [0.717, 1.165) is 5.56 Å². The van der Waals surface area contributed by atoms with Crippen LogP contribution >= 0.6 is 11.6 Å². The van der Waals surface area contributed by atoms with Gasteiger partial charge >= 0.3 is 0 Å². The highest BCUT2D eigenvalue weighted by atomic mass is 35.5. The van der Waals surface area contributed by atoms with Crippen LogP contribution in [-0.4, -0.2) is 4.98 Å². The van der Waals surface area contributed by atoms with Crippen molar-refractivity contribution in [3.8, 4) is 11.8 Å². The Balaban J connectivity index is 2.14. The Hall–Kier alpha value is -2.25. The minimum absolute atomic E-state index is 0.283. The molecule has 0 bridgehead atoms. The number of ether oxygens (including phenoxy) is 1. The zero-order valence-corrected chi connectivity index (χ0v) is 10.2. The van der Waals surface area contributed by atoms with E-state index in [1.807, 2.05) is 6.07 Å². The number of halogens is 1. The van der Waals surface area contributed by atoms with Gasteiger partial charge in [-0.05, 0) is 29.8 Å². The Kier molecular flexibility index (Phi) is 3.66. The number of rotatable bonds is 3. The minimum Gasteiger partial charge on any atom is -0.485 e. The third-order valence-electron chi connectivity index (χ3n) is 2.32. The molecule has 0 saturated heterocycles.